The van der Waals surface area contributed by atoms with Crippen molar-refractivity contribution in [2.75, 3.05) is 5.32 Å². The summed E-state index contributed by atoms with van der Waals surface area (Å²) < 4.78 is 1.78. The lowest BCUT2D eigenvalue weighted by molar-refractivity contribution is 0.0696. The molecule has 0 spiro atoms. The van der Waals surface area contributed by atoms with Crippen molar-refractivity contribution in [3.05, 3.63) is 60.7 Å². The molecule has 1 amide bonds. The Hall–Kier alpha value is -1.27. The Kier molecular flexibility index (Phi) is 6.30. The quantitative estimate of drug-likeness (QED) is 0.400. The molecule has 0 fully saturated rings. The predicted octanol–water partition coefficient (Wildman–Crippen LogP) is 3.72. The van der Waals surface area contributed by atoms with Crippen LogP contribution in [0, 0.1) is 7.14 Å². The van der Waals surface area contributed by atoms with E-state index in [0.29, 0.717) is 11.3 Å². The van der Waals surface area contributed by atoms with E-state index in [0.717, 1.165) is 7.14 Å². The molecule has 0 atom stereocenters. The van der Waals surface area contributed by atoms with Crippen LogP contribution in [0.4, 0.5) is 5.69 Å². The van der Waals surface area contributed by atoms with Gasteiger partial charge in [-0.25, -0.2) is 4.79 Å². The van der Waals surface area contributed by atoms with Crippen molar-refractivity contribution in [1.82, 2.24) is 5.32 Å². The van der Waals surface area contributed by atoms with Gasteiger partial charge in [0.1, 0.15) is 0 Å². The number of rotatable bonds is 3. The molecular formula is C15H10I2N2O3S. The molecule has 8 heteroatoms. The third-order valence-electron chi connectivity index (χ3n) is 2.79. The van der Waals surface area contributed by atoms with E-state index in [9.17, 15) is 9.59 Å². The SMILES string of the molecule is O=C(O)c1ccc(NC(=S)NC(=O)c2cc(I)ccc2I)cc1. The lowest BCUT2D eigenvalue weighted by atomic mass is 10.2. The molecule has 0 saturated heterocycles. The zero-order chi connectivity index (χ0) is 17.0. The number of thiocarbonyl (C=S) groups is 1. The molecule has 2 rings (SSSR count). The number of halogens is 2. The van der Waals surface area contributed by atoms with Crippen LogP contribution in [-0.2, 0) is 0 Å². The van der Waals surface area contributed by atoms with Gasteiger partial charge in [0.15, 0.2) is 5.11 Å². The normalized spacial score (nSPS) is 10.0. The molecule has 0 bridgehead atoms. The van der Waals surface area contributed by atoms with Gasteiger partial charge in [-0.2, -0.15) is 0 Å². The molecule has 0 aliphatic heterocycles. The molecular weight excluding hydrogens is 542 g/mol. The molecule has 118 valence electrons. The number of carboxylic acids is 1. The summed E-state index contributed by atoms with van der Waals surface area (Å²) in [5.74, 6) is -1.30. The number of aromatic carboxylic acids is 1. The summed E-state index contributed by atoms with van der Waals surface area (Å²) in [6.45, 7) is 0. The van der Waals surface area contributed by atoms with Gasteiger partial charge in [0.05, 0.1) is 11.1 Å². The number of amides is 1. The van der Waals surface area contributed by atoms with Crippen molar-refractivity contribution in [3.8, 4) is 0 Å². The van der Waals surface area contributed by atoms with Gasteiger partial charge in [0.25, 0.3) is 5.91 Å². The Bertz CT molecular complexity index is 779. The molecule has 0 heterocycles. The maximum atomic E-state index is 12.2. The largest absolute Gasteiger partial charge is 0.478 e. The molecule has 5 nitrogen and oxygen atoms in total. The van der Waals surface area contributed by atoms with Gasteiger partial charge in [0.2, 0.25) is 0 Å². The summed E-state index contributed by atoms with van der Waals surface area (Å²) in [4.78, 5) is 23.0. The predicted molar refractivity (Wildman–Crippen MR) is 109 cm³/mol. The Balaban J connectivity index is 2.03. The Morgan fingerprint density at radius 2 is 1.70 bits per heavy atom. The third kappa shape index (κ3) is 5.11. The second-order valence-corrected chi connectivity index (χ2v) is 7.23. The number of carbonyl (C=O) groups excluding carboxylic acids is 1. The Labute approximate surface area is 165 Å². The Morgan fingerprint density at radius 1 is 1.04 bits per heavy atom. The van der Waals surface area contributed by atoms with Crippen LogP contribution in [0.25, 0.3) is 0 Å². The second kappa shape index (κ2) is 8.02. The summed E-state index contributed by atoms with van der Waals surface area (Å²) in [5, 5.41) is 14.4. The van der Waals surface area contributed by atoms with Crippen LogP contribution in [0.5, 0.6) is 0 Å². The van der Waals surface area contributed by atoms with Crippen molar-refractivity contribution < 1.29 is 14.7 Å². The number of hydrogen-bond acceptors (Lipinski definition) is 3. The summed E-state index contributed by atoms with van der Waals surface area (Å²) in [5.41, 5.74) is 1.32. The maximum absolute atomic E-state index is 12.2. The van der Waals surface area contributed by atoms with Gasteiger partial charge < -0.3 is 10.4 Å². The fourth-order valence-corrected chi connectivity index (χ4v) is 2.98. The van der Waals surface area contributed by atoms with Crippen LogP contribution < -0.4 is 10.6 Å². The fraction of sp³-hybridized carbons (Fsp3) is 0. The highest BCUT2D eigenvalue weighted by atomic mass is 127. The highest BCUT2D eigenvalue weighted by Crippen LogP contribution is 2.16. The minimum atomic E-state index is -0.999. The minimum Gasteiger partial charge on any atom is -0.478 e. The molecule has 2 aromatic carbocycles. The molecule has 0 saturated carbocycles. The van der Waals surface area contributed by atoms with Crippen molar-refractivity contribution in [1.29, 1.82) is 0 Å². The average Bonchev–Trinajstić information content (AvgIpc) is 2.50. The zero-order valence-corrected chi connectivity index (χ0v) is 16.6. The Morgan fingerprint density at radius 3 is 2.30 bits per heavy atom. The van der Waals surface area contributed by atoms with E-state index in [1.165, 1.54) is 12.1 Å². The maximum Gasteiger partial charge on any atom is 0.335 e. The summed E-state index contributed by atoms with van der Waals surface area (Å²) >= 11 is 9.33. The first kappa shape index (κ1) is 18.1. The molecule has 23 heavy (non-hydrogen) atoms. The monoisotopic (exact) mass is 552 g/mol. The van der Waals surface area contributed by atoms with E-state index in [2.05, 4.69) is 55.8 Å². The van der Waals surface area contributed by atoms with Gasteiger partial charge in [-0.3, -0.25) is 10.1 Å². The third-order valence-corrected chi connectivity index (χ3v) is 4.61. The van der Waals surface area contributed by atoms with E-state index in [4.69, 9.17) is 17.3 Å². The lowest BCUT2D eigenvalue weighted by Gasteiger charge is -2.11. The van der Waals surface area contributed by atoms with Gasteiger partial charge in [0, 0.05) is 12.8 Å². The first-order valence-corrected chi connectivity index (χ1v) is 8.84. The van der Waals surface area contributed by atoms with Gasteiger partial charge in [-0.05, 0) is 99.9 Å². The topological polar surface area (TPSA) is 78.4 Å². The van der Waals surface area contributed by atoms with E-state index >= 15 is 0 Å². The van der Waals surface area contributed by atoms with Crippen LogP contribution in [0.1, 0.15) is 20.7 Å². The molecule has 0 aromatic heterocycles. The molecule has 0 radical (unpaired) electrons. The smallest absolute Gasteiger partial charge is 0.335 e. The lowest BCUT2D eigenvalue weighted by Crippen LogP contribution is -2.34. The van der Waals surface area contributed by atoms with Crippen molar-refractivity contribution in [3.63, 3.8) is 0 Å². The molecule has 0 unspecified atom stereocenters. The first-order chi connectivity index (χ1) is 10.9. The first-order valence-electron chi connectivity index (χ1n) is 6.27. The van der Waals surface area contributed by atoms with E-state index in [1.807, 2.05) is 12.1 Å². The average molecular weight is 552 g/mol. The zero-order valence-electron chi connectivity index (χ0n) is 11.5. The number of carbonyl (C=O) groups is 2. The van der Waals surface area contributed by atoms with Crippen LogP contribution in [-0.4, -0.2) is 22.1 Å². The van der Waals surface area contributed by atoms with Crippen molar-refractivity contribution in [2.45, 2.75) is 0 Å². The number of benzene rings is 2. The fourth-order valence-electron chi connectivity index (χ4n) is 1.70. The number of carboxylic acid groups (broad SMARTS) is 1. The van der Waals surface area contributed by atoms with Crippen LogP contribution in [0.3, 0.4) is 0 Å². The highest BCUT2D eigenvalue weighted by molar-refractivity contribution is 14.1. The molecule has 2 aromatic rings. The summed E-state index contributed by atoms with van der Waals surface area (Å²) in [6, 6.07) is 11.6. The van der Waals surface area contributed by atoms with Crippen LogP contribution in [0.15, 0.2) is 42.5 Å². The van der Waals surface area contributed by atoms with Crippen molar-refractivity contribution in [2.24, 2.45) is 0 Å². The molecule has 0 aliphatic rings. The second-order valence-electron chi connectivity index (χ2n) is 4.41. The van der Waals surface area contributed by atoms with Gasteiger partial charge in [-0.15, -0.1) is 0 Å². The number of hydrogen-bond donors (Lipinski definition) is 3. The van der Waals surface area contributed by atoms with Crippen molar-refractivity contribution >= 4 is 80.1 Å². The van der Waals surface area contributed by atoms with E-state index in [-0.39, 0.29) is 16.6 Å². The van der Waals surface area contributed by atoms with Gasteiger partial charge in [-0.1, -0.05) is 0 Å². The molecule has 3 N–H and O–H groups in total. The number of anilines is 1. The number of nitrogens with one attached hydrogen (secondary N) is 2. The van der Waals surface area contributed by atoms with Crippen LogP contribution >= 0.6 is 57.4 Å². The van der Waals surface area contributed by atoms with Gasteiger partial charge >= 0.3 is 5.97 Å². The van der Waals surface area contributed by atoms with Crippen LogP contribution in [0.2, 0.25) is 0 Å². The highest BCUT2D eigenvalue weighted by Gasteiger charge is 2.12. The summed E-state index contributed by atoms with van der Waals surface area (Å²) in [7, 11) is 0. The van der Waals surface area contributed by atoms with E-state index in [1.54, 1.807) is 18.2 Å². The summed E-state index contributed by atoms with van der Waals surface area (Å²) in [6.07, 6.45) is 0. The standard InChI is InChI=1S/C15H10I2N2O3S/c16-9-3-6-12(17)11(7-9)13(20)19-15(23)18-10-4-1-8(2-5-10)14(21)22/h1-7H,(H,21,22)(H2,18,19,20,23). The van der Waals surface area contributed by atoms with E-state index < -0.39 is 5.97 Å². The molecule has 0 aliphatic carbocycles. The minimum absolute atomic E-state index is 0.146.